The summed E-state index contributed by atoms with van der Waals surface area (Å²) in [6, 6.07) is 6.81. The second-order valence-corrected chi connectivity index (χ2v) is 5.97. The number of pyridine rings is 1. The lowest BCUT2D eigenvalue weighted by Crippen LogP contribution is -2.15. The summed E-state index contributed by atoms with van der Waals surface area (Å²) in [5.74, 6) is 0. The molecule has 0 saturated carbocycles. The molecule has 0 aliphatic carbocycles. The van der Waals surface area contributed by atoms with E-state index in [9.17, 15) is 8.42 Å². The second kappa shape index (κ2) is 4.89. The number of hydrogen-bond donors (Lipinski definition) is 2. The van der Waals surface area contributed by atoms with Crippen LogP contribution in [0.2, 0.25) is 0 Å². The molecule has 0 fully saturated rings. The zero-order valence-corrected chi connectivity index (χ0v) is 11.5. The van der Waals surface area contributed by atoms with Gasteiger partial charge in [0.25, 0.3) is 10.0 Å². The van der Waals surface area contributed by atoms with E-state index >= 15 is 0 Å². The van der Waals surface area contributed by atoms with E-state index in [2.05, 4.69) is 9.71 Å². The average Bonchev–Trinajstić information content (AvgIpc) is 2.34. The van der Waals surface area contributed by atoms with E-state index < -0.39 is 10.0 Å². The van der Waals surface area contributed by atoms with Crippen molar-refractivity contribution in [2.45, 2.75) is 18.7 Å². The Hall–Kier alpha value is -2.08. The number of nitrogens with one attached hydrogen (secondary N) is 1. The highest BCUT2D eigenvalue weighted by Crippen LogP contribution is 2.21. The largest absolute Gasteiger partial charge is 0.398 e. The highest BCUT2D eigenvalue weighted by Gasteiger charge is 2.17. The molecule has 0 aliphatic heterocycles. The normalized spacial score (nSPS) is 11.3. The molecular weight excluding hydrogens is 262 g/mol. The summed E-state index contributed by atoms with van der Waals surface area (Å²) < 4.78 is 26.9. The van der Waals surface area contributed by atoms with E-state index in [-0.39, 0.29) is 10.6 Å². The number of anilines is 2. The molecule has 2 aromatic rings. The Bertz CT molecular complexity index is 712. The van der Waals surface area contributed by atoms with Gasteiger partial charge in [-0.1, -0.05) is 6.07 Å². The Kier molecular flexibility index (Phi) is 3.44. The van der Waals surface area contributed by atoms with E-state index in [0.29, 0.717) is 5.69 Å². The maximum Gasteiger partial charge on any atom is 0.265 e. The van der Waals surface area contributed by atoms with Crippen LogP contribution in [-0.4, -0.2) is 13.4 Å². The quantitative estimate of drug-likeness (QED) is 0.899. The van der Waals surface area contributed by atoms with Gasteiger partial charge in [0.05, 0.1) is 5.69 Å². The lowest BCUT2D eigenvalue weighted by atomic mass is 10.1. The number of aromatic nitrogens is 1. The van der Waals surface area contributed by atoms with Crippen molar-refractivity contribution in [2.75, 3.05) is 10.5 Å². The minimum Gasteiger partial charge on any atom is -0.398 e. The second-order valence-electron chi connectivity index (χ2n) is 4.32. The van der Waals surface area contributed by atoms with Crippen molar-refractivity contribution in [2.24, 2.45) is 0 Å². The fraction of sp³-hybridized carbons (Fsp3) is 0.154. The van der Waals surface area contributed by atoms with Crippen LogP contribution in [0, 0.1) is 13.8 Å². The summed E-state index contributed by atoms with van der Waals surface area (Å²) in [7, 11) is -3.71. The van der Waals surface area contributed by atoms with Gasteiger partial charge in [-0.25, -0.2) is 8.42 Å². The molecule has 3 N–H and O–H groups in total. The van der Waals surface area contributed by atoms with Crippen molar-refractivity contribution >= 4 is 21.4 Å². The summed E-state index contributed by atoms with van der Waals surface area (Å²) in [4.78, 5) is 3.77. The topological polar surface area (TPSA) is 85.1 Å². The van der Waals surface area contributed by atoms with Gasteiger partial charge in [-0.05, 0) is 43.2 Å². The van der Waals surface area contributed by atoms with Crippen molar-refractivity contribution < 1.29 is 8.42 Å². The molecule has 0 saturated heterocycles. The van der Waals surface area contributed by atoms with Gasteiger partial charge in [0.15, 0.2) is 0 Å². The molecule has 2 rings (SSSR count). The highest BCUT2D eigenvalue weighted by atomic mass is 32.2. The van der Waals surface area contributed by atoms with Gasteiger partial charge in [-0.3, -0.25) is 9.71 Å². The number of rotatable bonds is 3. The standard InChI is InChI=1S/C13H15N3O2S/c1-9-3-4-11(7-10(9)2)16-19(17,18)13-8-15-6-5-12(13)14/h3-8,16H,1-2H3,(H2,14,15). The number of nitrogens with two attached hydrogens (primary N) is 1. The highest BCUT2D eigenvalue weighted by molar-refractivity contribution is 7.92. The monoisotopic (exact) mass is 277 g/mol. The lowest BCUT2D eigenvalue weighted by Gasteiger charge is -2.10. The molecule has 6 heteroatoms. The number of aryl methyl sites for hydroxylation is 2. The first-order valence-corrected chi connectivity index (χ1v) is 7.18. The molecule has 0 aliphatic rings. The van der Waals surface area contributed by atoms with Crippen LogP contribution in [0.5, 0.6) is 0 Å². The first kappa shape index (κ1) is 13.4. The fourth-order valence-electron chi connectivity index (χ4n) is 1.63. The Morgan fingerprint density at radius 1 is 1.16 bits per heavy atom. The minimum atomic E-state index is -3.71. The third-order valence-corrected chi connectivity index (χ3v) is 4.29. The summed E-state index contributed by atoms with van der Waals surface area (Å²) in [5.41, 5.74) is 8.45. The Morgan fingerprint density at radius 3 is 2.53 bits per heavy atom. The van der Waals surface area contributed by atoms with E-state index in [1.807, 2.05) is 19.9 Å². The number of nitrogens with zero attached hydrogens (tertiary/aromatic N) is 1. The van der Waals surface area contributed by atoms with Gasteiger partial charge in [-0.15, -0.1) is 0 Å². The summed E-state index contributed by atoms with van der Waals surface area (Å²) in [5, 5.41) is 0. The van der Waals surface area contributed by atoms with Gasteiger partial charge in [0, 0.05) is 18.1 Å². The molecule has 100 valence electrons. The van der Waals surface area contributed by atoms with Gasteiger partial charge < -0.3 is 5.73 Å². The van der Waals surface area contributed by atoms with E-state index in [1.165, 1.54) is 18.5 Å². The minimum absolute atomic E-state index is 0.0202. The van der Waals surface area contributed by atoms with E-state index in [4.69, 9.17) is 5.73 Å². The smallest absolute Gasteiger partial charge is 0.265 e. The third-order valence-electron chi connectivity index (χ3n) is 2.87. The van der Waals surface area contributed by atoms with Crippen molar-refractivity contribution in [1.82, 2.24) is 4.98 Å². The third kappa shape index (κ3) is 2.85. The van der Waals surface area contributed by atoms with Crippen LogP contribution in [0.4, 0.5) is 11.4 Å². The summed E-state index contributed by atoms with van der Waals surface area (Å²) in [6.45, 7) is 3.89. The molecule has 0 radical (unpaired) electrons. The zero-order valence-electron chi connectivity index (χ0n) is 10.7. The number of hydrogen-bond acceptors (Lipinski definition) is 4. The lowest BCUT2D eigenvalue weighted by molar-refractivity contribution is 0.601. The molecule has 0 bridgehead atoms. The SMILES string of the molecule is Cc1ccc(NS(=O)(=O)c2cnccc2N)cc1C. The van der Waals surface area contributed by atoms with Crippen LogP contribution in [0.25, 0.3) is 0 Å². The first-order valence-electron chi connectivity index (χ1n) is 5.70. The fourth-order valence-corrected chi connectivity index (χ4v) is 2.76. The van der Waals surface area contributed by atoms with Crippen LogP contribution in [0.3, 0.4) is 0 Å². The van der Waals surface area contributed by atoms with Crippen LogP contribution in [0.15, 0.2) is 41.6 Å². The molecule has 5 nitrogen and oxygen atoms in total. The van der Waals surface area contributed by atoms with Crippen molar-refractivity contribution in [3.8, 4) is 0 Å². The first-order chi connectivity index (χ1) is 8.90. The van der Waals surface area contributed by atoms with Gasteiger partial charge >= 0.3 is 0 Å². The predicted molar refractivity (Wildman–Crippen MR) is 75.4 cm³/mol. The average molecular weight is 277 g/mol. The van der Waals surface area contributed by atoms with Crippen LogP contribution < -0.4 is 10.5 Å². The maximum absolute atomic E-state index is 12.2. The number of nitrogen functional groups attached to an aromatic ring is 1. The maximum atomic E-state index is 12.2. The molecule has 1 aromatic heterocycles. The van der Waals surface area contributed by atoms with Crippen molar-refractivity contribution in [3.05, 3.63) is 47.8 Å². The van der Waals surface area contributed by atoms with Crippen LogP contribution in [-0.2, 0) is 10.0 Å². The Labute approximate surface area is 112 Å². The molecule has 0 unspecified atom stereocenters. The van der Waals surface area contributed by atoms with E-state index in [1.54, 1.807) is 12.1 Å². The van der Waals surface area contributed by atoms with Crippen molar-refractivity contribution in [3.63, 3.8) is 0 Å². The van der Waals surface area contributed by atoms with Gasteiger partial charge in [0.2, 0.25) is 0 Å². The molecule has 0 amide bonds. The molecular formula is C13H15N3O2S. The number of benzene rings is 1. The molecule has 0 spiro atoms. The zero-order chi connectivity index (χ0) is 14.0. The van der Waals surface area contributed by atoms with Crippen LogP contribution >= 0.6 is 0 Å². The summed E-state index contributed by atoms with van der Waals surface area (Å²) >= 11 is 0. The Balaban J connectivity index is 2.37. The number of sulfonamides is 1. The van der Waals surface area contributed by atoms with Crippen LogP contribution in [0.1, 0.15) is 11.1 Å². The van der Waals surface area contributed by atoms with Gasteiger partial charge in [0.1, 0.15) is 4.90 Å². The molecule has 19 heavy (non-hydrogen) atoms. The summed E-state index contributed by atoms with van der Waals surface area (Å²) in [6.07, 6.45) is 2.68. The molecule has 0 atom stereocenters. The van der Waals surface area contributed by atoms with Gasteiger partial charge in [-0.2, -0.15) is 0 Å². The molecule has 1 heterocycles. The predicted octanol–water partition coefficient (Wildman–Crippen LogP) is 2.08. The Morgan fingerprint density at radius 2 is 1.89 bits per heavy atom. The van der Waals surface area contributed by atoms with Crippen molar-refractivity contribution in [1.29, 1.82) is 0 Å². The molecule has 1 aromatic carbocycles. The van der Waals surface area contributed by atoms with E-state index in [0.717, 1.165) is 11.1 Å².